The summed E-state index contributed by atoms with van der Waals surface area (Å²) >= 11 is 1.44. The molecule has 4 aliphatic heterocycles. The Bertz CT molecular complexity index is 1140. The number of carbonyl (C=O) groups excluding carboxylic acids is 3. The van der Waals surface area contributed by atoms with E-state index in [9.17, 15) is 24.3 Å². The topological polar surface area (TPSA) is 189 Å². The summed E-state index contributed by atoms with van der Waals surface area (Å²) in [6, 6.07) is -1.11. The molecule has 1 aromatic rings. The molecule has 1 unspecified atom stereocenters. The molecule has 3 amide bonds. The highest BCUT2D eigenvalue weighted by molar-refractivity contribution is 8.03. The average molecular weight is 548 g/mol. The number of nitrogens with zero attached hydrogens (tertiary/aromatic N) is 6. The van der Waals surface area contributed by atoms with Crippen LogP contribution in [0.2, 0.25) is 0 Å². The van der Waals surface area contributed by atoms with E-state index in [-0.39, 0.29) is 59.3 Å². The molecule has 4 aliphatic rings. The fourth-order valence-electron chi connectivity index (χ4n) is 6.22. The van der Waals surface area contributed by atoms with E-state index in [1.807, 2.05) is 11.8 Å². The summed E-state index contributed by atoms with van der Waals surface area (Å²) in [4.78, 5) is 54.8. The van der Waals surface area contributed by atoms with Crippen LogP contribution in [0.25, 0.3) is 0 Å². The highest BCUT2D eigenvalue weighted by atomic mass is 32.2. The number of aliphatic carboxylic acids is 1. The number of nitrogens with one attached hydrogen (secondary N) is 2. The number of aromatic nitrogens is 4. The minimum Gasteiger partial charge on any atom is -0.477 e. The quantitative estimate of drug-likeness (QED) is 0.260. The highest BCUT2D eigenvalue weighted by Gasteiger charge is 2.60. The summed E-state index contributed by atoms with van der Waals surface area (Å²) in [5.41, 5.74) is 5.86. The molecule has 0 radical (unpaired) electrons. The first-order valence-corrected chi connectivity index (χ1v) is 13.8. The number of carboxylic acid groups (broad SMARTS) is 1. The zero-order valence-corrected chi connectivity index (χ0v) is 22.1. The number of hydrogen-bond donors (Lipinski definition) is 4. The highest BCUT2D eigenvalue weighted by Crippen LogP contribution is 2.51. The van der Waals surface area contributed by atoms with E-state index in [0.29, 0.717) is 31.0 Å². The van der Waals surface area contributed by atoms with Crippen LogP contribution in [0.15, 0.2) is 16.9 Å². The Balaban J connectivity index is 1.24. The number of rotatable bonds is 9. The predicted molar refractivity (Wildman–Crippen MR) is 135 cm³/mol. The number of likely N-dealkylation sites (tertiary alicyclic amines) is 1. The number of fused-ring (bicyclic) bond motifs is 1. The maximum atomic E-state index is 13.1. The fourth-order valence-corrected chi connectivity index (χ4v) is 7.70. The third-order valence-corrected chi connectivity index (χ3v) is 9.54. The second kappa shape index (κ2) is 10.6. The number of amides is 3. The Morgan fingerprint density at radius 1 is 1.37 bits per heavy atom. The number of carbonyl (C=O) groups is 4. The molecule has 5 heterocycles. The first kappa shape index (κ1) is 26.6. The van der Waals surface area contributed by atoms with Crippen molar-refractivity contribution in [2.45, 2.75) is 69.1 Å². The third-order valence-electron chi connectivity index (χ3n) is 8.03. The van der Waals surface area contributed by atoms with Crippen molar-refractivity contribution in [2.75, 3.05) is 19.6 Å². The number of tetrazole rings is 1. The Kier molecular flexibility index (Phi) is 7.42. The first-order chi connectivity index (χ1) is 18.2. The van der Waals surface area contributed by atoms with E-state index in [1.165, 1.54) is 27.7 Å². The molecule has 0 saturated carbocycles. The number of β-lactam (4-membered cyclic amide) rings is 1. The van der Waals surface area contributed by atoms with Crippen molar-refractivity contribution < 1.29 is 24.3 Å². The van der Waals surface area contributed by atoms with Gasteiger partial charge in [0, 0.05) is 47.8 Å². The van der Waals surface area contributed by atoms with Crippen molar-refractivity contribution in [1.29, 1.82) is 0 Å². The molecule has 206 valence electrons. The minimum absolute atomic E-state index is 0.00431. The molecule has 3 fully saturated rings. The SMILES string of the molecule is CC(NC(=O)Cn1cnnn1)[C@H]1C(=O)N2C(C(=O)O)=C(S[C@@H]3CN[C@H](C(=O)N4CCC[C@@H]4CN)C3)[C@H](C)[C@H]12. The lowest BCUT2D eigenvalue weighted by atomic mass is 9.78. The van der Waals surface area contributed by atoms with Gasteiger partial charge in [-0.25, -0.2) is 9.48 Å². The molecule has 5 N–H and O–H groups in total. The van der Waals surface area contributed by atoms with Gasteiger partial charge in [0.15, 0.2) is 0 Å². The van der Waals surface area contributed by atoms with E-state index in [2.05, 4.69) is 26.2 Å². The summed E-state index contributed by atoms with van der Waals surface area (Å²) in [5.74, 6) is -2.52. The maximum Gasteiger partial charge on any atom is 0.353 e. The van der Waals surface area contributed by atoms with Gasteiger partial charge in [-0.3, -0.25) is 14.4 Å². The van der Waals surface area contributed by atoms with Gasteiger partial charge in [0.25, 0.3) is 0 Å². The van der Waals surface area contributed by atoms with Gasteiger partial charge >= 0.3 is 5.97 Å². The monoisotopic (exact) mass is 547 g/mol. The largest absolute Gasteiger partial charge is 0.477 e. The molecule has 38 heavy (non-hydrogen) atoms. The number of thioether (sulfide) groups is 1. The fraction of sp³-hybridized carbons (Fsp3) is 0.696. The summed E-state index contributed by atoms with van der Waals surface area (Å²) in [6.45, 7) is 5.32. The summed E-state index contributed by atoms with van der Waals surface area (Å²) in [5, 5.41) is 26.8. The molecule has 0 aromatic carbocycles. The van der Waals surface area contributed by atoms with Crippen LogP contribution in [0.1, 0.15) is 33.1 Å². The predicted octanol–water partition coefficient (Wildman–Crippen LogP) is -1.64. The van der Waals surface area contributed by atoms with Gasteiger partial charge < -0.3 is 31.3 Å². The van der Waals surface area contributed by atoms with Crippen molar-refractivity contribution in [2.24, 2.45) is 17.6 Å². The summed E-state index contributed by atoms with van der Waals surface area (Å²) in [7, 11) is 0. The number of hydrogen-bond acceptors (Lipinski definition) is 10. The standard InChI is InChI=1S/C23H33N9O5S/c1-11-18-17(12(2)27-16(33)9-30-10-26-28-29-30)22(35)32(18)19(23(36)37)20(11)38-14-6-15(25-8-14)21(34)31-5-3-4-13(31)7-24/h10-15,17-18,25H,3-9,24H2,1-2H3,(H,27,33)(H,36,37)/t11-,12?,13-,14+,15+,17-,18-/m1/s1. The molecular formula is C23H33N9O5S. The molecule has 1 aromatic heterocycles. The zero-order valence-electron chi connectivity index (χ0n) is 21.3. The van der Waals surface area contributed by atoms with Crippen molar-refractivity contribution in [3.8, 4) is 0 Å². The number of nitrogens with two attached hydrogens (primary N) is 1. The van der Waals surface area contributed by atoms with Crippen LogP contribution in [0.5, 0.6) is 0 Å². The van der Waals surface area contributed by atoms with Gasteiger partial charge in [-0.2, -0.15) is 0 Å². The smallest absolute Gasteiger partial charge is 0.353 e. The van der Waals surface area contributed by atoms with Crippen molar-refractivity contribution in [3.63, 3.8) is 0 Å². The number of carboxylic acids is 1. The molecular weight excluding hydrogens is 514 g/mol. The molecule has 0 bridgehead atoms. The van der Waals surface area contributed by atoms with Crippen LogP contribution in [-0.2, 0) is 25.7 Å². The molecule has 14 nitrogen and oxygen atoms in total. The van der Waals surface area contributed by atoms with E-state index in [4.69, 9.17) is 5.73 Å². The van der Waals surface area contributed by atoms with Crippen molar-refractivity contribution in [1.82, 2.24) is 40.6 Å². The van der Waals surface area contributed by atoms with Crippen LogP contribution in [0.3, 0.4) is 0 Å². The van der Waals surface area contributed by atoms with E-state index >= 15 is 0 Å². The van der Waals surface area contributed by atoms with Crippen LogP contribution >= 0.6 is 11.8 Å². The van der Waals surface area contributed by atoms with Gasteiger partial charge in [0.1, 0.15) is 18.6 Å². The molecule has 7 atom stereocenters. The third kappa shape index (κ3) is 4.66. The Morgan fingerprint density at radius 2 is 2.16 bits per heavy atom. The maximum absolute atomic E-state index is 13.1. The first-order valence-electron chi connectivity index (χ1n) is 12.9. The summed E-state index contributed by atoms with van der Waals surface area (Å²) in [6.07, 6.45) is 3.77. The van der Waals surface area contributed by atoms with Gasteiger partial charge in [-0.1, -0.05) is 6.92 Å². The lowest BCUT2D eigenvalue weighted by Gasteiger charge is -2.47. The minimum atomic E-state index is -1.15. The lowest BCUT2D eigenvalue weighted by molar-refractivity contribution is -0.158. The van der Waals surface area contributed by atoms with Crippen molar-refractivity contribution in [3.05, 3.63) is 16.9 Å². The van der Waals surface area contributed by atoms with Crippen LogP contribution in [0, 0.1) is 11.8 Å². The van der Waals surface area contributed by atoms with Gasteiger partial charge in [0.05, 0.1) is 18.0 Å². The second-order valence-electron chi connectivity index (χ2n) is 10.4. The van der Waals surface area contributed by atoms with Crippen molar-refractivity contribution >= 4 is 35.5 Å². The Hall–Kier alpha value is -3.04. The molecule has 5 rings (SSSR count). The molecule has 3 saturated heterocycles. The van der Waals surface area contributed by atoms with E-state index in [1.54, 1.807) is 6.92 Å². The van der Waals surface area contributed by atoms with Gasteiger partial charge in [-0.15, -0.1) is 16.9 Å². The van der Waals surface area contributed by atoms with E-state index < -0.39 is 17.9 Å². The van der Waals surface area contributed by atoms with Crippen LogP contribution in [-0.4, -0.2) is 108 Å². The Morgan fingerprint density at radius 3 is 2.84 bits per heavy atom. The average Bonchev–Trinajstić information content (AvgIpc) is 3.66. The van der Waals surface area contributed by atoms with Crippen LogP contribution in [0.4, 0.5) is 0 Å². The normalized spacial score (nSPS) is 31.4. The zero-order chi connectivity index (χ0) is 27.1. The molecule has 15 heteroatoms. The second-order valence-corrected chi connectivity index (χ2v) is 11.7. The van der Waals surface area contributed by atoms with Gasteiger partial charge in [-0.05, 0) is 36.6 Å². The molecule has 0 aliphatic carbocycles. The van der Waals surface area contributed by atoms with Crippen LogP contribution < -0.4 is 16.4 Å². The summed E-state index contributed by atoms with van der Waals surface area (Å²) < 4.78 is 1.28. The lowest BCUT2D eigenvalue weighted by Crippen LogP contribution is -2.66. The molecule has 0 spiro atoms. The van der Waals surface area contributed by atoms with Gasteiger partial charge in [0.2, 0.25) is 17.7 Å². The Labute approximate surface area is 223 Å². The van der Waals surface area contributed by atoms with E-state index in [0.717, 1.165) is 12.8 Å².